The zero-order chi connectivity index (χ0) is 9.68. The normalized spacial score (nSPS) is 12.1. The van der Waals surface area contributed by atoms with E-state index in [1.807, 2.05) is 24.4 Å². The quantitative estimate of drug-likeness (QED) is 0.735. The van der Waals surface area contributed by atoms with E-state index in [9.17, 15) is 4.79 Å². The van der Waals surface area contributed by atoms with Crippen molar-refractivity contribution in [2.24, 2.45) is 0 Å². The summed E-state index contributed by atoms with van der Waals surface area (Å²) in [6.07, 6.45) is 2.61. The van der Waals surface area contributed by atoms with Gasteiger partial charge in [-0.2, -0.15) is 0 Å². The van der Waals surface area contributed by atoms with Gasteiger partial charge in [0.15, 0.2) is 0 Å². The molecule has 13 heavy (non-hydrogen) atoms. The number of hydrogen-bond donors (Lipinski definition) is 1. The minimum atomic E-state index is 0.00403. The lowest BCUT2D eigenvalue weighted by atomic mass is 10.2. The van der Waals surface area contributed by atoms with Gasteiger partial charge in [0, 0.05) is 6.04 Å². The Hall–Kier alpha value is -1.09. The van der Waals surface area contributed by atoms with Gasteiger partial charge in [-0.3, -0.25) is 4.79 Å². The molecule has 0 aliphatic rings. The predicted molar refractivity (Wildman–Crippen MR) is 56.1 cm³/mol. The van der Waals surface area contributed by atoms with Gasteiger partial charge in [0.05, 0.1) is 4.88 Å². The van der Waals surface area contributed by atoms with Crippen molar-refractivity contribution in [1.29, 1.82) is 0 Å². The highest BCUT2D eigenvalue weighted by Crippen LogP contribution is 2.08. The smallest absolute Gasteiger partial charge is 0.261 e. The monoisotopic (exact) mass is 195 g/mol. The van der Waals surface area contributed by atoms with Gasteiger partial charge in [0.25, 0.3) is 5.91 Å². The average molecular weight is 195 g/mol. The van der Waals surface area contributed by atoms with Gasteiger partial charge in [-0.1, -0.05) is 12.1 Å². The Morgan fingerprint density at radius 3 is 3.15 bits per heavy atom. The van der Waals surface area contributed by atoms with Crippen LogP contribution in [0.15, 0.2) is 30.2 Å². The van der Waals surface area contributed by atoms with E-state index in [-0.39, 0.29) is 11.9 Å². The van der Waals surface area contributed by atoms with Crippen molar-refractivity contribution in [3.05, 3.63) is 35.0 Å². The van der Waals surface area contributed by atoms with Crippen molar-refractivity contribution in [3.8, 4) is 0 Å². The van der Waals surface area contributed by atoms with Crippen LogP contribution in [0.1, 0.15) is 23.0 Å². The minimum Gasteiger partial charge on any atom is -0.349 e. The fourth-order valence-corrected chi connectivity index (χ4v) is 1.64. The number of carbonyl (C=O) groups excluding carboxylic acids is 1. The van der Waals surface area contributed by atoms with Crippen LogP contribution in [0, 0.1) is 0 Å². The molecule has 1 rings (SSSR count). The van der Waals surface area contributed by atoms with E-state index in [0.717, 1.165) is 11.3 Å². The molecule has 0 saturated heterocycles. The number of amides is 1. The zero-order valence-corrected chi connectivity index (χ0v) is 8.43. The Kier molecular flexibility index (Phi) is 3.71. The van der Waals surface area contributed by atoms with Gasteiger partial charge in [-0.25, -0.2) is 0 Å². The van der Waals surface area contributed by atoms with Crippen LogP contribution >= 0.6 is 11.3 Å². The highest BCUT2D eigenvalue weighted by atomic mass is 32.1. The lowest BCUT2D eigenvalue weighted by Crippen LogP contribution is -2.31. The van der Waals surface area contributed by atoms with Crippen LogP contribution in [-0.2, 0) is 0 Å². The summed E-state index contributed by atoms with van der Waals surface area (Å²) >= 11 is 1.45. The summed E-state index contributed by atoms with van der Waals surface area (Å²) in [5.41, 5.74) is 0. The average Bonchev–Trinajstić information content (AvgIpc) is 2.55. The second kappa shape index (κ2) is 4.82. The van der Waals surface area contributed by atoms with Gasteiger partial charge < -0.3 is 5.32 Å². The summed E-state index contributed by atoms with van der Waals surface area (Å²) in [7, 11) is 0. The maximum absolute atomic E-state index is 11.5. The van der Waals surface area contributed by atoms with Crippen molar-refractivity contribution in [3.63, 3.8) is 0 Å². The van der Waals surface area contributed by atoms with Crippen LogP contribution in [0.3, 0.4) is 0 Å². The fourth-order valence-electron chi connectivity index (χ4n) is 1.01. The van der Waals surface area contributed by atoms with Crippen LogP contribution in [-0.4, -0.2) is 11.9 Å². The Morgan fingerprint density at radius 2 is 2.62 bits per heavy atom. The molecule has 1 aromatic rings. The molecular weight excluding hydrogens is 182 g/mol. The Morgan fingerprint density at radius 1 is 1.85 bits per heavy atom. The first-order chi connectivity index (χ1) is 6.24. The molecule has 0 saturated carbocycles. The lowest BCUT2D eigenvalue weighted by Gasteiger charge is -2.09. The Labute approximate surface area is 82.3 Å². The third-order valence-corrected chi connectivity index (χ3v) is 2.51. The van der Waals surface area contributed by atoms with Gasteiger partial charge in [-0.15, -0.1) is 17.9 Å². The molecule has 1 amide bonds. The molecule has 1 atom stereocenters. The molecule has 0 aromatic carbocycles. The maximum Gasteiger partial charge on any atom is 0.261 e. The summed E-state index contributed by atoms with van der Waals surface area (Å²) < 4.78 is 0. The molecule has 0 aliphatic heterocycles. The van der Waals surface area contributed by atoms with Crippen molar-refractivity contribution in [2.75, 3.05) is 0 Å². The van der Waals surface area contributed by atoms with E-state index in [1.54, 1.807) is 6.08 Å². The summed E-state index contributed by atoms with van der Waals surface area (Å²) in [4.78, 5) is 12.2. The predicted octanol–water partition coefficient (Wildman–Crippen LogP) is 2.44. The Bertz CT molecular complexity index is 279. The summed E-state index contributed by atoms with van der Waals surface area (Å²) in [6, 6.07) is 3.85. The molecule has 1 N–H and O–H groups in total. The zero-order valence-electron chi connectivity index (χ0n) is 7.62. The molecule has 70 valence electrons. The van der Waals surface area contributed by atoms with Crippen LogP contribution in [0.5, 0.6) is 0 Å². The van der Waals surface area contributed by atoms with Gasteiger partial charge in [-0.05, 0) is 24.8 Å². The number of thiophene rings is 1. The van der Waals surface area contributed by atoms with E-state index in [2.05, 4.69) is 11.9 Å². The fraction of sp³-hybridized carbons (Fsp3) is 0.300. The van der Waals surface area contributed by atoms with Gasteiger partial charge in [0.2, 0.25) is 0 Å². The third kappa shape index (κ3) is 3.03. The van der Waals surface area contributed by atoms with Crippen LogP contribution < -0.4 is 5.32 Å². The minimum absolute atomic E-state index is 0.00403. The Balaban J connectivity index is 2.46. The van der Waals surface area contributed by atoms with Crippen molar-refractivity contribution >= 4 is 17.2 Å². The first-order valence-corrected chi connectivity index (χ1v) is 5.07. The number of hydrogen-bond acceptors (Lipinski definition) is 2. The molecule has 3 heteroatoms. The van der Waals surface area contributed by atoms with Crippen LogP contribution in [0.25, 0.3) is 0 Å². The highest BCUT2D eigenvalue weighted by molar-refractivity contribution is 7.12. The second-order valence-corrected chi connectivity index (χ2v) is 3.82. The molecule has 1 aromatic heterocycles. The van der Waals surface area contributed by atoms with Crippen molar-refractivity contribution in [2.45, 2.75) is 19.4 Å². The van der Waals surface area contributed by atoms with Crippen molar-refractivity contribution in [1.82, 2.24) is 5.32 Å². The van der Waals surface area contributed by atoms with E-state index in [1.165, 1.54) is 11.3 Å². The maximum atomic E-state index is 11.5. The van der Waals surface area contributed by atoms with E-state index in [0.29, 0.717) is 0 Å². The second-order valence-electron chi connectivity index (χ2n) is 2.88. The molecular formula is C10H13NOS. The highest BCUT2D eigenvalue weighted by Gasteiger charge is 2.08. The summed E-state index contributed by atoms with van der Waals surface area (Å²) in [6.45, 7) is 5.59. The molecule has 0 spiro atoms. The molecule has 0 bridgehead atoms. The van der Waals surface area contributed by atoms with E-state index >= 15 is 0 Å². The molecule has 0 radical (unpaired) electrons. The number of nitrogens with one attached hydrogen (secondary N) is 1. The molecule has 0 aliphatic carbocycles. The summed E-state index contributed by atoms with van der Waals surface area (Å²) in [5.74, 6) is 0.00403. The number of rotatable bonds is 4. The first kappa shape index (κ1) is 9.99. The molecule has 1 heterocycles. The molecule has 0 fully saturated rings. The third-order valence-electron chi connectivity index (χ3n) is 1.64. The first-order valence-electron chi connectivity index (χ1n) is 4.19. The molecule has 2 nitrogen and oxygen atoms in total. The lowest BCUT2D eigenvalue weighted by molar-refractivity contribution is 0.0944. The largest absolute Gasteiger partial charge is 0.349 e. The van der Waals surface area contributed by atoms with Crippen LogP contribution in [0.4, 0.5) is 0 Å². The van der Waals surface area contributed by atoms with Gasteiger partial charge in [0.1, 0.15) is 0 Å². The number of carbonyl (C=O) groups is 1. The van der Waals surface area contributed by atoms with Crippen molar-refractivity contribution < 1.29 is 4.79 Å². The summed E-state index contributed by atoms with van der Waals surface area (Å²) in [5, 5.41) is 4.78. The SMILES string of the molecule is C=CCC(C)NC(=O)c1cccs1. The van der Waals surface area contributed by atoms with E-state index < -0.39 is 0 Å². The standard InChI is InChI=1S/C10H13NOS/c1-3-5-8(2)11-10(12)9-6-4-7-13-9/h3-4,6-8H,1,5H2,2H3,(H,11,12). The van der Waals surface area contributed by atoms with Gasteiger partial charge >= 0.3 is 0 Å². The van der Waals surface area contributed by atoms with E-state index in [4.69, 9.17) is 0 Å². The molecule has 1 unspecified atom stereocenters. The van der Waals surface area contributed by atoms with Crippen LogP contribution in [0.2, 0.25) is 0 Å². The topological polar surface area (TPSA) is 29.1 Å².